The Morgan fingerprint density at radius 1 is 1.04 bits per heavy atom. The van der Waals surface area contributed by atoms with E-state index in [1.807, 2.05) is 30.2 Å². The van der Waals surface area contributed by atoms with Crippen molar-refractivity contribution in [2.45, 2.75) is 32.7 Å². The summed E-state index contributed by atoms with van der Waals surface area (Å²) < 4.78 is 0. The molecule has 1 saturated heterocycles. The molecule has 1 aromatic heterocycles. The highest BCUT2D eigenvalue weighted by Gasteiger charge is 2.25. The van der Waals surface area contributed by atoms with Gasteiger partial charge in [0.15, 0.2) is 0 Å². The van der Waals surface area contributed by atoms with Crippen LogP contribution in [0.1, 0.15) is 46.7 Å². The molecule has 1 aliphatic rings. The van der Waals surface area contributed by atoms with Gasteiger partial charge in [-0.3, -0.25) is 14.4 Å². The average molecular weight is 400 g/mol. The fourth-order valence-electron chi connectivity index (χ4n) is 3.18. The number of amides is 3. The van der Waals surface area contributed by atoms with Crippen molar-refractivity contribution < 1.29 is 14.4 Å². The van der Waals surface area contributed by atoms with Crippen molar-refractivity contribution in [2.75, 3.05) is 18.4 Å². The third-order valence-electron chi connectivity index (χ3n) is 4.79. The zero-order valence-corrected chi connectivity index (χ0v) is 16.9. The summed E-state index contributed by atoms with van der Waals surface area (Å²) in [5, 5.41) is 7.72. The largest absolute Gasteiger partial charge is 0.349 e. The van der Waals surface area contributed by atoms with Crippen LogP contribution in [0.15, 0.2) is 41.8 Å². The number of thiophene rings is 1. The molecule has 1 aromatic carbocycles. The van der Waals surface area contributed by atoms with E-state index in [1.54, 1.807) is 30.3 Å². The second-order valence-electron chi connectivity index (χ2n) is 7.24. The van der Waals surface area contributed by atoms with Crippen LogP contribution in [0.2, 0.25) is 0 Å². The number of likely N-dealkylation sites (tertiary alicyclic amines) is 1. The van der Waals surface area contributed by atoms with Crippen molar-refractivity contribution in [1.82, 2.24) is 10.2 Å². The van der Waals surface area contributed by atoms with Gasteiger partial charge in [0, 0.05) is 36.3 Å². The Morgan fingerprint density at radius 3 is 2.29 bits per heavy atom. The van der Waals surface area contributed by atoms with E-state index in [-0.39, 0.29) is 29.7 Å². The number of carbonyl (C=O) groups excluding carboxylic acids is 3. The molecule has 28 heavy (non-hydrogen) atoms. The minimum Gasteiger partial charge on any atom is -0.349 e. The first-order valence-electron chi connectivity index (χ1n) is 9.48. The third-order valence-corrected chi connectivity index (χ3v) is 5.65. The number of piperidine rings is 1. The highest BCUT2D eigenvalue weighted by atomic mass is 32.1. The number of carbonyl (C=O) groups is 3. The lowest BCUT2D eigenvalue weighted by atomic mass is 10.0. The molecule has 1 fully saturated rings. The maximum atomic E-state index is 12.5. The van der Waals surface area contributed by atoms with Crippen LogP contribution in [0.25, 0.3) is 0 Å². The first kappa shape index (κ1) is 20.1. The Hall–Kier alpha value is -2.67. The molecular weight excluding hydrogens is 374 g/mol. The molecule has 0 radical (unpaired) electrons. The van der Waals surface area contributed by atoms with E-state index in [2.05, 4.69) is 10.6 Å². The van der Waals surface area contributed by atoms with E-state index >= 15 is 0 Å². The first-order valence-corrected chi connectivity index (χ1v) is 10.4. The highest BCUT2D eigenvalue weighted by molar-refractivity contribution is 7.12. The first-order chi connectivity index (χ1) is 13.4. The van der Waals surface area contributed by atoms with Crippen LogP contribution < -0.4 is 10.6 Å². The van der Waals surface area contributed by atoms with Gasteiger partial charge in [0.1, 0.15) is 0 Å². The lowest BCUT2D eigenvalue weighted by Crippen LogP contribution is -2.47. The molecule has 6 nitrogen and oxygen atoms in total. The summed E-state index contributed by atoms with van der Waals surface area (Å²) in [5.74, 6) is -0.116. The van der Waals surface area contributed by atoms with Crippen molar-refractivity contribution in [3.8, 4) is 0 Å². The van der Waals surface area contributed by atoms with Gasteiger partial charge in [-0.2, -0.15) is 0 Å². The van der Waals surface area contributed by atoms with E-state index < -0.39 is 0 Å². The van der Waals surface area contributed by atoms with Gasteiger partial charge in [0.05, 0.1) is 4.88 Å². The van der Waals surface area contributed by atoms with Crippen molar-refractivity contribution in [3.63, 3.8) is 0 Å². The Balaban J connectivity index is 1.50. The minimum atomic E-state index is -0.157. The molecule has 1 aliphatic heterocycles. The number of hydrogen-bond acceptors (Lipinski definition) is 4. The van der Waals surface area contributed by atoms with Gasteiger partial charge in [-0.05, 0) is 48.6 Å². The summed E-state index contributed by atoms with van der Waals surface area (Å²) in [5.41, 5.74) is 1.20. The molecular formula is C21H25N3O3S. The van der Waals surface area contributed by atoms with Crippen LogP contribution in [-0.4, -0.2) is 41.8 Å². The summed E-state index contributed by atoms with van der Waals surface area (Å²) in [6.45, 7) is 5.16. The molecule has 0 bridgehead atoms. The second kappa shape index (κ2) is 9.01. The molecule has 0 saturated carbocycles. The maximum Gasteiger partial charge on any atom is 0.265 e. The van der Waals surface area contributed by atoms with Crippen LogP contribution in [0, 0.1) is 5.92 Å². The highest BCUT2D eigenvalue weighted by Crippen LogP contribution is 2.16. The van der Waals surface area contributed by atoms with E-state index in [0.717, 1.165) is 12.8 Å². The summed E-state index contributed by atoms with van der Waals surface area (Å²) >= 11 is 1.38. The van der Waals surface area contributed by atoms with Gasteiger partial charge < -0.3 is 15.5 Å². The topological polar surface area (TPSA) is 78.5 Å². The molecule has 0 aliphatic carbocycles. The van der Waals surface area contributed by atoms with Crippen LogP contribution in [0.5, 0.6) is 0 Å². The van der Waals surface area contributed by atoms with Gasteiger partial charge >= 0.3 is 0 Å². The van der Waals surface area contributed by atoms with Crippen molar-refractivity contribution in [1.29, 1.82) is 0 Å². The van der Waals surface area contributed by atoms with Crippen LogP contribution in [0.4, 0.5) is 5.69 Å². The molecule has 0 spiro atoms. The molecule has 2 aromatic rings. The van der Waals surface area contributed by atoms with Crippen LogP contribution in [-0.2, 0) is 4.79 Å². The number of anilines is 1. The second-order valence-corrected chi connectivity index (χ2v) is 8.18. The fraction of sp³-hybridized carbons (Fsp3) is 0.381. The summed E-state index contributed by atoms with van der Waals surface area (Å²) in [4.78, 5) is 39.1. The Morgan fingerprint density at radius 2 is 1.71 bits per heavy atom. The number of rotatable bonds is 5. The van der Waals surface area contributed by atoms with Crippen molar-refractivity contribution in [2.24, 2.45) is 5.92 Å². The molecule has 0 unspecified atom stereocenters. The predicted molar refractivity (Wildman–Crippen MR) is 111 cm³/mol. The van der Waals surface area contributed by atoms with Crippen molar-refractivity contribution in [3.05, 3.63) is 52.2 Å². The van der Waals surface area contributed by atoms with Crippen molar-refractivity contribution >= 4 is 34.7 Å². The number of nitrogens with one attached hydrogen (secondary N) is 2. The van der Waals surface area contributed by atoms with Gasteiger partial charge in [-0.1, -0.05) is 19.9 Å². The Bertz CT molecular complexity index is 823. The molecule has 0 atom stereocenters. The zero-order valence-electron chi connectivity index (χ0n) is 16.1. The quantitative estimate of drug-likeness (QED) is 0.809. The van der Waals surface area contributed by atoms with Gasteiger partial charge in [-0.25, -0.2) is 0 Å². The molecule has 148 valence electrons. The zero-order chi connectivity index (χ0) is 20.1. The molecule has 2 heterocycles. The molecule has 2 N–H and O–H groups in total. The lowest BCUT2D eigenvalue weighted by molar-refractivity contribution is -0.135. The average Bonchev–Trinajstić information content (AvgIpc) is 3.23. The SMILES string of the molecule is CC(C)C(=O)N1CCC(NC(=O)c2ccc(NC(=O)c3cccs3)cc2)CC1. The number of benzene rings is 1. The monoisotopic (exact) mass is 399 g/mol. The number of nitrogens with zero attached hydrogens (tertiary/aromatic N) is 1. The maximum absolute atomic E-state index is 12.5. The van der Waals surface area contributed by atoms with E-state index in [4.69, 9.17) is 0 Å². The summed E-state index contributed by atoms with van der Waals surface area (Å²) in [6.07, 6.45) is 1.53. The Kier molecular flexibility index (Phi) is 6.46. The summed E-state index contributed by atoms with van der Waals surface area (Å²) in [7, 11) is 0. The van der Waals surface area contributed by atoms with Gasteiger partial charge in [-0.15, -0.1) is 11.3 Å². The summed E-state index contributed by atoms with van der Waals surface area (Å²) in [6, 6.07) is 10.5. The normalized spacial score (nSPS) is 14.8. The predicted octanol–water partition coefficient (Wildman–Crippen LogP) is 3.38. The van der Waals surface area contributed by atoms with E-state index in [9.17, 15) is 14.4 Å². The van der Waals surface area contributed by atoms with Gasteiger partial charge in [0.25, 0.3) is 11.8 Å². The molecule has 7 heteroatoms. The number of hydrogen-bond donors (Lipinski definition) is 2. The van der Waals surface area contributed by atoms with E-state index in [0.29, 0.717) is 29.2 Å². The van der Waals surface area contributed by atoms with Gasteiger partial charge in [0.2, 0.25) is 5.91 Å². The molecule has 3 rings (SSSR count). The van der Waals surface area contributed by atoms with Crippen LogP contribution >= 0.6 is 11.3 Å². The third kappa shape index (κ3) is 4.98. The lowest BCUT2D eigenvalue weighted by Gasteiger charge is -2.33. The smallest absolute Gasteiger partial charge is 0.265 e. The van der Waals surface area contributed by atoms with Crippen LogP contribution in [0.3, 0.4) is 0 Å². The standard InChI is InChI=1S/C21H25N3O3S/c1-14(2)21(27)24-11-9-17(10-12-24)22-19(25)15-5-7-16(8-6-15)23-20(26)18-4-3-13-28-18/h3-8,13-14,17H,9-12H2,1-2H3,(H,22,25)(H,23,26). The molecule has 3 amide bonds. The Labute approximate surface area is 168 Å². The fourth-order valence-corrected chi connectivity index (χ4v) is 3.80. The van der Waals surface area contributed by atoms with E-state index in [1.165, 1.54) is 11.3 Å². The minimum absolute atomic E-state index is 0.00460.